The van der Waals surface area contributed by atoms with E-state index in [4.69, 9.17) is 4.74 Å². The predicted molar refractivity (Wildman–Crippen MR) is 97.7 cm³/mol. The lowest BCUT2D eigenvalue weighted by Crippen LogP contribution is -2.42. The van der Waals surface area contributed by atoms with Crippen molar-refractivity contribution < 1.29 is 9.53 Å². The molecule has 8 nitrogen and oxygen atoms in total. The molecule has 0 unspecified atom stereocenters. The molecule has 0 bridgehead atoms. The van der Waals surface area contributed by atoms with Crippen molar-refractivity contribution in [2.24, 2.45) is 5.92 Å². The molecule has 1 saturated heterocycles. The fraction of sp³-hybridized carbons (Fsp3) is 0.526. The Bertz CT molecular complexity index is 874. The summed E-state index contributed by atoms with van der Waals surface area (Å²) in [6.45, 7) is 1.76. The molecule has 1 aliphatic heterocycles. The average molecular weight is 369 g/mol. The van der Waals surface area contributed by atoms with Gasteiger partial charge in [-0.05, 0) is 50.0 Å². The van der Waals surface area contributed by atoms with Crippen LogP contribution < -0.4 is 10.3 Å². The topological polar surface area (TPSA) is 101 Å². The molecular weight excluding hydrogens is 346 g/mol. The second-order valence-electron chi connectivity index (χ2n) is 7.18. The highest BCUT2D eigenvalue weighted by molar-refractivity contribution is 5.91. The molecule has 0 aromatic carbocycles. The summed E-state index contributed by atoms with van der Waals surface area (Å²) >= 11 is 0. The summed E-state index contributed by atoms with van der Waals surface area (Å²) < 4.78 is 5.87. The minimum absolute atomic E-state index is 0.0449. The number of rotatable bonds is 4. The number of aromatic nitrogens is 4. The largest absolute Gasteiger partial charge is 0.476 e. The molecule has 1 fully saturated rings. The van der Waals surface area contributed by atoms with Gasteiger partial charge in [0.2, 0.25) is 5.88 Å². The quantitative estimate of drug-likeness (QED) is 0.873. The van der Waals surface area contributed by atoms with Gasteiger partial charge in [-0.2, -0.15) is 5.10 Å². The Labute approximate surface area is 157 Å². The predicted octanol–water partition coefficient (Wildman–Crippen LogP) is 1.37. The molecule has 142 valence electrons. The van der Waals surface area contributed by atoms with E-state index in [-0.39, 0.29) is 11.6 Å². The van der Waals surface area contributed by atoms with Crippen molar-refractivity contribution in [1.82, 2.24) is 25.1 Å². The lowest BCUT2D eigenvalue weighted by molar-refractivity contribution is 0.0651. The zero-order chi connectivity index (χ0) is 18.6. The Kier molecular flexibility index (Phi) is 5.13. The number of hydrogen-bond donors (Lipinski definition) is 1. The Balaban J connectivity index is 1.29. The van der Waals surface area contributed by atoms with Crippen LogP contribution in [0, 0.1) is 5.92 Å². The monoisotopic (exact) mass is 369 g/mol. The van der Waals surface area contributed by atoms with Crippen molar-refractivity contribution in [2.45, 2.75) is 38.5 Å². The SMILES string of the molecule is O=C(c1ncc[nH]c1=O)N1CCC(COc2cc3c(nn2)CCCC3)CC1. The van der Waals surface area contributed by atoms with Gasteiger partial charge in [-0.1, -0.05) is 0 Å². The zero-order valence-corrected chi connectivity index (χ0v) is 15.2. The maximum absolute atomic E-state index is 12.4. The Morgan fingerprint density at radius 3 is 2.85 bits per heavy atom. The third-order valence-corrected chi connectivity index (χ3v) is 5.33. The summed E-state index contributed by atoms with van der Waals surface area (Å²) in [5.74, 6) is 0.639. The summed E-state index contributed by atoms with van der Waals surface area (Å²) in [6.07, 6.45) is 8.95. The third-order valence-electron chi connectivity index (χ3n) is 5.33. The molecule has 0 spiro atoms. The van der Waals surface area contributed by atoms with E-state index in [2.05, 4.69) is 20.2 Å². The van der Waals surface area contributed by atoms with E-state index in [0.717, 1.165) is 31.4 Å². The summed E-state index contributed by atoms with van der Waals surface area (Å²) in [6, 6.07) is 2.02. The first-order valence-corrected chi connectivity index (χ1v) is 9.52. The van der Waals surface area contributed by atoms with Crippen LogP contribution in [0.4, 0.5) is 0 Å². The van der Waals surface area contributed by atoms with Gasteiger partial charge < -0.3 is 14.6 Å². The molecular formula is C19H23N5O3. The number of piperidine rings is 1. The number of fused-ring (bicyclic) bond motifs is 1. The third kappa shape index (κ3) is 3.99. The number of ether oxygens (including phenoxy) is 1. The molecule has 3 heterocycles. The van der Waals surface area contributed by atoms with Crippen LogP contribution in [0.1, 0.15) is 47.4 Å². The second-order valence-corrected chi connectivity index (χ2v) is 7.18. The number of amides is 1. The van der Waals surface area contributed by atoms with Gasteiger partial charge in [0.05, 0.1) is 12.3 Å². The first kappa shape index (κ1) is 17.6. The van der Waals surface area contributed by atoms with E-state index in [9.17, 15) is 9.59 Å². The molecule has 2 aromatic heterocycles. The fourth-order valence-corrected chi connectivity index (χ4v) is 3.70. The fourth-order valence-electron chi connectivity index (χ4n) is 3.70. The molecule has 2 aliphatic rings. The van der Waals surface area contributed by atoms with Gasteiger partial charge in [0.25, 0.3) is 11.5 Å². The van der Waals surface area contributed by atoms with Crippen LogP contribution in [0.2, 0.25) is 0 Å². The minimum atomic E-state index is -0.445. The maximum atomic E-state index is 12.4. The van der Waals surface area contributed by atoms with E-state index in [1.807, 2.05) is 6.07 Å². The normalized spacial score (nSPS) is 17.4. The first-order valence-electron chi connectivity index (χ1n) is 9.52. The van der Waals surface area contributed by atoms with Crippen molar-refractivity contribution in [2.75, 3.05) is 19.7 Å². The molecule has 2 aromatic rings. The molecule has 0 atom stereocenters. The van der Waals surface area contributed by atoms with E-state index in [1.54, 1.807) is 4.90 Å². The number of likely N-dealkylation sites (tertiary alicyclic amines) is 1. The Hall–Kier alpha value is -2.77. The molecule has 27 heavy (non-hydrogen) atoms. The maximum Gasteiger partial charge on any atom is 0.279 e. The van der Waals surface area contributed by atoms with Crippen molar-refractivity contribution in [1.29, 1.82) is 0 Å². The highest BCUT2D eigenvalue weighted by Crippen LogP contribution is 2.23. The highest BCUT2D eigenvalue weighted by Gasteiger charge is 2.26. The molecule has 0 radical (unpaired) electrons. The number of H-pyrrole nitrogens is 1. The standard InChI is InChI=1S/C19H23N5O3/c25-18-17(20-7-8-21-18)19(26)24-9-5-13(6-10-24)12-27-16-11-14-3-1-2-4-15(14)22-23-16/h7-8,11,13H,1-6,9-10,12H2,(H,21,25). The van der Waals surface area contributed by atoms with Gasteiger partial charge in [0.15, 0.2) is 5.69 Å². The summed E-state index contributed by atoms with van der Waals surface area (Å²) in [5.41, 5.74) is 1.87. The van der Waals surface area contributed by atoms with E-state index in [1.165, 1.54) is 30.8 Å². The second kappa shape index (κ2) is 7.85. The van der Waals surface area contributed by atoms with Gasteiger partial charge >= 0.3 is 0 Å². The van der Waals surface area contributed by atoms with Crippen LogP contribution in [-0.4, -0.2) is 50.7 Å². The smallest absolute Gasteiger partial charge is 0.279 e. The first-order chi connectivity index (χ1) is 13.2. The molecule has 1 amide bonds. The van der Waals surface area contributed by atoms with Crippen molar-refractivity contribution in [3.63, 3.8) is 0 Å². The van der Waals surface area contributed by atoms with Gasteiger partial charge in [0, 0.05) is 31.5 Å². The molecule has 4 rings (SSSR count). The number of nitrogens with zero attached hydrogens (tertiary/aromatic N) is 4. The number of aryl methyl sites for hydroxylation is 2. The molecule has 8 heteroatoms. The van der Waals surface area contributed by atoms with E-state index in [0.29, 0.717) is 31.5 Å². The molecule has 0 saturated carbocycles. The number of carbonyl (C=O) groups excluding carboxylic acids is 1. The van der Waals surface area contributed by atoms with Crippen LogP contribution in [0.25, 0.3) is 0 Å². The number of aromatic amines is 1. The lowest BCUT2D eigenvalue weighted by Gasteiger charge is -2.31. The van der Waals surface area contributed by atoms with Crippen LogP contribution in [0.5, 0.6) is 5.88 Å². The van der Waals surface area contributed by atoms with Crippen molar-refractivity contribution in [3.05, 3.63) is 45.8 Å². The van der Waals surface area contributed by atoms with Gasteiger partial charge in [0.1, 0.15) is 0 Å². The number of hydrogen-bond acceptors (Lipinski definition) is 6. The van der Waals surface area contributed by atoms with E-state index >= 15 is 0 Å². The van der Waals surface area contributed by atoms with E-state index < -0.39 is 5.56 Å². The molecule has 1 aliphatic carbocycles. The lowest BCUT2D eigenvalue weighted by atomic mass is 9.97. The molecule has 1 N–H and O–H groups in total. The van der Waals surface area contributed by atoms with Crippen molar-refractivity contribution >= 4 is 5.91 Å². The summed E-state index contributed by atoms with van der Waals surface area (Å²) in [5, 5.41) is 8.48. The van der Waals surface area contributed by atoms with Crippen LogP contribution in [0.15, 0.2) is 23.3 Å². The van der Waals surface area contributed by atoms with Gasteiger partial charge in [-0.3, -0.25) is 9.59 Å². The summed E-state index contributed by atoms with van der Waals surface area (Å²) in [4.78, 5) is 32.3. The summed E-state index contributed by atoms with van der Waals surface area (Å²) in [7, 11) is 0. The number of carbonyl (C=O) groups is 1. The van der Waals surface area contributed by atoms with Crippen LogP contribution >= 0.6 is 0 Å². The van der Waals surface area contributed by atoms with Gasteiger partial charge in [-0.25, -0.2) is 4.98 Å². The Morgan fingerprint density at radius 2 is 2.04 bits per heavy atom. The highest BCUT2D eigenvalue weighted by atomic mass is 16.5. The van der Waals surface area contributed by atoms with Gasteiger partial charge in [-0.15, -0.1) is 5.10 Å². The number of nitrogens with one attached hydrogen (secondary N) is 1. The average Bonchev–Trinajstić information content (AvgIpc) is 2.72. The Morgan fingerprint density at radius 1 is 1.22 bits per heavy atom. The minimum Gasteiger partial charge on any atom is -0.476 e. The van der Waals surface area contributed by atoms with Crippen LogP contribution in [0.3, 0.4) is 0 Å². The van der Waals surface area contributed by atoms with Crippen molar-refractivity contribution in [3.8, 4) is 5.88 Å². The van der Waals surface area contributed by atoms with Crippen LogP contribution in [-0.2, 0) is 12.8 Å². The zero-order valence-electron chi connectivity index (χ0n) is 15.2.